The van der Waals surface area contributed by atoms with Crippen LogP contribution >= 0.6 is 0 Å². The predicted octanol–water partition coefficient (Wildman–Crippen LogP) is 4.93. The number of hydrogen-bond donors (Lipinski definition) is 2. The lowest BCUT2D eigenvalue weighted by atomic mass is 9.97. The van der Waals surface area contributed by atoms with E-state index in [0.717, 1.165) is 23.1 Å². The standard InChI is InChI=1S/C24H23F4N3O2/c1-13-7-16(5-6-20(13)25)21(15-3-4-15)29-23(33)18-9-14(12-32)8-17(10-18)19-11-31(2)30-22(19)24(26,27)28/h5-11,15,21,32H,3-4,12H2,1-2H3,(H,29,33)/t21-/m0/s1. The zero-order valence-electron chi connectivity index (χ0n) is 18.1. The lowest BCUT2D eigenvalue weighted by Crippen LogP contribution is -2.30. The van der Waals surface area contributed by atoms with Crippen LogP contribution in [0.25, 0.3) is 11.1 Å². The number of nitrogens with zero attached hydrogens (tertiary/aromatic N) is 2. The summed E-state index contributed by atoms with van der Waals surface area (Å²) in [6.07, 6.45) is -1.62. The zero-order chi connectivity index (χ0) is 23.9. The van der Waals surface area contributed by atoms with Gasteiger partial charge in [0, 0.05) is 24.4 Å². The Balaban J connectivity index is 1.69. The largest absolute Gasteiger partial charge is 0.435 e. The molecule has 1 saturated carbocycles. The molecule has 174 valence electrons. The van der Waals surface area contributed by atoms with Crippen molar-refractivity contribution >= 4 is 5.91 Å². The van der Waals surface area contributed by atoms with Crippen molar-refractivity contribution in [3.8, 4) is 11.1 Å². The first kappa shape index (κ1) is 23.0. The summed E-state index contributed by atoms with van der Waals surface area (Å²) in [4.78, 5) is 13.1. The summed E-state index contributed by atoms with van der Waals surface area (Å²) >= 11 is 0. The average molecular weight is 461 g/mol. The fraction of sp³-hybridized carbons (Fsp3) is 0.333. The third-order valence-electron chi connectivity index (χ3n) is 5.77. The molecule has 2 N–H and O–H groups in total. The van der Waals surface area contributed by atoms with Crippen molar-refractivity contribution in [1.29, 1.82) is 0 Å². The van der Waals surface area contributed by atoms with Gasteiger partial charge in [-0.15, -0.1) is 0 Å². The molecular formula is C24H23F4N3O2. The molecule has 0 bridgehead atoms. The van der Waals surface area contributed by atoms with Crippen LogP contribution in [0.4, 0.5) is 17.6 Å². The summed E-state index contributed by atoms with van der Waals surface area (Å²) in [5.74, 6) is -0.616. The Morgan fingerprint density at radius 2 is 1.97 bits per heavy atom. The summed E-state index contributed by atoms with van der Waals surface area (Å²) in [5.41, 5.74) is 0.551. The molecule has 9 heteroatoms. The molecule has 1 fully saturated rings. The number of amides is 1. The Bertz CT molecular complexity index is 1200. The summed E-state index contributed by atoms with van der Waals surface area (Å²) in [5, 5.41) is 16.1. The molecule has 1 aliphatic carbocycles. The molecule has 1 aliphatic rings. The third kappa shape index (κ3) is 4.93. The van der Waals surface area contributed by atoms with Crippen LogP contribution in [0.1, 0.15) is 51.6 Å². The number of rotatable bonds is 6. The van der Waals surface area contributed by atoms with E-state index < -0.39 is 24.4 Å². The van der Waals surface area contributed by atoms with E-state index in [4.69, 9.17) is 0 Å². The van der Waals surface area contributed by atoms with Gasteiger partial charge in [0.25, 0.3) is 5.91 Å². The molecule has 1 aromatic heterocycles. The number of benzene rings is 2. The second-order valence-electron chi connectivity index (χ2n) is 8.44. The number of carbonyl (C=O) groups is 1. The van der Waals surface area contributed by atoms with Crippen molar-refractivity contribution in [3.63, 3.8) is 0 Å². The topological polar surface area (TPSA) is 67.2 Å². The highest BCUT2D eigenvalue weighted by Gasteiger charge is 2.38. The van der Waals surface area contributed by atoms with Crippen LogP contribution in [0.15, 0.2) is 42.6 Å². The van der Waals surface area contributed by atoms with Crippen LogP contribution in [0.2, 0.25) is 0 Å². The summed E-state index contributed by atoms with van der Waals surface area (Å²) < 4.78 is 55.2. The van der Waals surface area contributed by atoms with Gasteiger partial charge in [-0.3, -0.25) is 9.48 Å². The Morgan fingerprint density at radius 1 is 1.24 bits per heavy atom. The number of nitrogens with one attached hydrogen (secondary N) is 1. The van der Waals surface area contributed by atoms with Crippen LogP contribution in [0.3, 0.4) is 0 Å². The second kappa shape index (κ2) is 8.62. The molecule has 33 heavy (non-hydrogen) atoms. The van der Waals surface area contributed by atoms with Gasteiger partial charge >= 0.3 is 6.18 Å². The third-order valence-corrected chi connectivity index (χ3v) is 5.77. The number of alkyl halides is 3. The Labute approximate surface area is 188 Å². The Hall–Kier alpha value is -3.20. The quantitative estimate of drug-likeness (QED) is 0.512. The summed E-state index contributed by atoms with van der Waals surface area (Å²) in [6.45, 7) is 1.20. The van der Waals surface area contributed by atoms with E-state index in [0.29, 0.717) is 11.1 Å². The van der Waals surface area contributed by atoms with Gasteiger partial charge in [0.05, 0.1) is 12.6 Å². The molecule has 1 heterocycles. The van der Waals surface area contributed by atoms with Gasteiger partial charge in [-0.2, -0.15) is 18.3 Å². The monoisotopic (exact) mass is 461 g/mol. The first-order valence-electron chi connectivity index (χ1n) is 10.5. The molecule has 3 aromatic rings. The van der Waals surface area contributed by atoms with Gasteiger partial charge in [0.15, 0.2) is 5.69 Å². The maximum Gasteiger partial charge on any atom is 0.435 e. The van der Waals surface area contributed by atoms with Crippen molar-refractivity contribution in [1.82, 2.24) is 15.1 Å². The fourth-order valence-electron chi connectivity index (χ4n) is 3.97. The highest BCUT2D eigenvalue weighted by atomic mass is 19.4. The number of halogens is 4. The van der Waals surface area contributed by atoms with Crippen LogP contribution in [-0.4, -0.2) is 20.8 Å². The minimum absolute atomic E-state index is 0.123. The first-order chi connectivity index (χ1) is 15.6. The van der Waals surface area contributed by atoms with Crippen LogP contribution in [0.5, 0.6) is 0 Å². The van der Waals surface area contributed by atoms with E-state index in [9.17, 15) is 27.5 Å². The average Bonchev–Trinajstić information content (AvgIpc) is 3.53. The van der Waals surface area contributed by atoms with E-state index in [1.54, 1.807) is 19.1 Å². The van der Waals surface area contributed by atoms with Gasteiger partial charge in [-0.05, 0) is 72.2 Å². The number of aryl methyl sites for hydroxylation is 2. The fourth-order valence-corrected chi connectivity index (χ4v) is 3.97. The minimum atomic E-state index is -4.67. The second-order valence-corrected chi connectivity index (χ2v) is 8.44. The number of aromatic nitrogens is 2. The van der Waals surface area contributed by atoms with E-state index >= 15 is 0 Å². The summed E-state index contributed by atoms with van der Waals surface area (Å²) in [7, 11) is 1.38. The van der Waals surface area contributed by atoms with Crippen molar-refractivity contribution in [2.24, 2.45) is 13.0 Å². The molecule has 5 nitrogen and oxygen atoms in total. The molecule has 1 amide bonds. The normalized spacial score (nSPS) is 14.9. The molecule has 0 unspecified atom stereocenters. The van der Waals surface area contributed by atoms with E-state index in [2.05, 4.69) is 10.4 Å². The number of carbonyl (C=O) groups excluding carboxylic acids is 1. The van der Waals surface area contributed by atoms with Crippen LogP contribution in [0, 0.1) is 18.7 Å². The molecular weight excluding hydrogens is 438 g/mol. The van der Waals surface area contributed by atoms with Gasteiger partial charge in [-0.25, -0.2) is 4.39 Å². The van der Waals surface area contributed by atoms with E-state index in [1.165, 1.54) is 37.5 Å². The van der Waals surface area contributed by atoms with Gasteiger partial charge in [-0.1, -0.05) is 12.1 Å². The number of hydrogen-bond acceptors (Lipinski definition) is 3. The van der Waals surface area contributed by atoms with Gasteiger partial charge < -0.3 is 10.4 Å². The minimum Gasteiger partial charge on any atom is -0.392 e. The number of aliphatic hydroxyl groups is 1. The molecule has 0 radical (unpaired) electrons. The molecule has 0 saturated heterocycles. The lowest BCUT2D eigenvalue weighted by molar-refractivity contribution is -0.140. The van der Waals surface area contributed by atoms with Gasteiger partial charge in [0.1, 0.15) is 5.82 Å². The molecule has 2 aromatic carbocycles. The van der Waals surface area contributed by atoms with Crippen LogP contribution < -0.4 is 5.32 Å². The zero-order valence-corrected chi connectivity index (χ0v) is 18.1. The van der Waals surface area contributed by atoms with Gasteiger partial charge in [0.2, 0.25) is 0 Å². The molecule has 4 rings (SSSR count). The lowest BCUT2D eigenvalue weighted by Gasteiger charge is -2.20. The van der Waals surface area contributed by atoms with E-state index in [1.807, 2.05) is 0 Å². The van der Waals surface area contributed by atoms with Crippen molar-refractivity contribution in [2.75, 3.05) is 0 Å². The highest BCUT2D eigenvalue weighted by Crippen LogP contribution is 2.42. The van der Waals surface area contributed by atoms with Crippen LogP contribution in [-0.2, 0) is 19.8 Å². The Kier molecular flexibility index (Phi) is 6.00. The molecule has 0 spiro atoms. The highest BCUT2D eigenvalue weighted by molar-refractivity contribution is 5.96. The van der Waals surface area contributed by atoms with Crippen molar-refractivity contribution < 1.29 is 27.5 Å². The maximum atomic E-state index is 13.7. The first-order valence-corrected chi connectivity index (χ1v) is 10.5. The van der Waals surface area contributed by atoms with E-state index in [-0.39, 0.29) is 34.5 Å². The maximum absolute atomic E-state index is 13.7. The predicted molar refractivity (Wildman–Crippen MR) is 114 cm³/mol. The SMILES string of the molecule is Cc1cc([C@@H](NC(=O)c2cc(CO)cc(-c3cn(C)nc3C(F)(F)F)c2)C2CC2)ccc1F. The molecule has 1 atom stereocenters. The van der Waals surface area contributed by atoms with Crippen molar-refractivity contribution in [2.45, 2.75) is 38.6 Å². The molecule has 0 aliphatic heterocycles. The summed E-state index contributed by atoms with van der Waals surface area (Å²) in [6, 6.07) is 8.55. The smallest absolute Gasteiger partial charge is 0.392 e. The number of aliphatic hydroxyl groups excluding tert-OH is 1. The van der Waals surface area contributed by atoms with Crippen molar-refractivity contribution in [3.05, 3.63) is 76.4 Å². The Morgan fingerprint density at radius 3 is 2.58 bits per heavy atom.